The molecule has 0 atom stereocenters. The first-order valence-corrected chi connectivity index (χ1v) is 10.3. The van der Waals surface area contributed by atoms with Gasteiger partial charge in [-0.2, -0.15) is 0 Å². The molecule has 10 heteroatoms. The van der Waals surface area contributed by atoms with E-state index in [4.69, 9.17) is 0 Å². The zero-order chi connectivity index (χ0) is 20.3. The van der Waals surface area contributed by atoms with Gasteiger partial charge in [0.25, 0.3) is 5.91 Å². The molecule has 1 fully saturated rings. The van der Waals surface area contributed by atoms with Gasteiger partial charge in [-0.15, -0.1) is 10.2 Å². The Hall–Kier alpha value is -2.59. The summed E-state index contributed by atoms with van der Waals surface area (Å²) in [5, 5.41) is 7.98. The second-order valence-corrected chi connectivity index (χ2v) is 8.53. The SMILES string of the molecule is CN(C)c1ccc(C(=O)N2CCC(NS(=O)(=O)c3ccc(F)cc3)CC2)nn1. The smallest absolute Gasteiger partial charge is 0.274 e. The van der Waals surface area contributed by atoms with Crippen molar-refractivity contribution in [2.45, 2.75) is 23.8 Å². The topological polar surface area (TPSA) is 95.5 Å². The third-order valence-electron chi connectivity index (χ3n) is 4.56. The highest BCUT2D eigenvalue weighted by atomic mass is 32.2. The molecule has 1 aromatic carbocycles. The minimum atomic E-state index is -3.73. The fourth-order valence-corrected chi connectivity index (χ4v) is 4.25. The molecular formula is C18H22FN5O3S. The number of aromatic nitrogens is 2. The van der Waals surface area contributed by atoms with Gasteiger partial charge in [-0.3, -0.25) is 4.79 Å². The van der Waals surface area contributed by atoms with E-state index >= 15 is 0 Å². The van der Waals surface area contributed by atoms with Crippen LogP contribution >= 0.6 is 0 Å². The number of sulfonamides is 1. The summed E-state index contributed by atoms with van der Waals surface area (Å²) < 4.78 is 40.4. The average Bonchev–Trinajstić information content (AvgIpc) is 2.68. The molecule has 0 saturated carbocycles. The van der Waals surface area contributed by atoms with Gasteiger partial charge in [0.15, 0.2) is 11.5 Å². The fourth-order valence-electron chi connectivity index (χ4n) is 2.94. The number of carbonyl (C=O) groups is 1. The molecule has 1 aromatic heterocycles. The van der Waals surface area contributed by atoms with Gasteiger partial charge in [-0.1, -0.05) is 0 Å². The second-order valence-electron chi connectivity index (χ2n) is 6.81. The molecule has 1 amide bonds. The van der Waals surface area contributed by atoms with Crippen LogP contribution in [0.2, 0.25) is 0 Å². The van der Waals surface area contributed by atoms with E-state index in [-0.39, 0.29) is 22.5 Å². The molecule has 3 rings (SSSR count). The Morgan fingerprint density at radius 2 is 1.75 bits per heavy atom. The van der Waals surface area contributed by atoms with Gasteiger partial charge in [0.05, 0.1) is 4.90 Å². The number of rotatable bonds is 5. The van der Waals surface area contributed by atoms with E-state index in [0.29, 0.717) is 31.7 Å². The number of benzene rings is 1. The molecule has 2 heterocycles. The number of likely N-dealkylation sites (tertiary alicyclic amines) is 1. The predicted molar refractivity (Wildman–Crippen MR) is 102 cm³/mol. The Balaban J connectivity index is 1.58. The van der Waals surface area contributed by atoms with Crippen molar-refractivity contribution in [3.63, 3.8) is 0 Å². The van der Waals surface area contributed by atoms with Gasteiger partial charge in [-0.25, -0.2) is 17.5 Å². The first kappa shape index (κ1) is 20.2. The zero-order valence-electron chi connectivity index (χ0n) is 15.7. The molecule has 0 unspecified atom stereocenters. The molecule has 1 N–H and O–H groups in total. The highest BCUT2D eigenvalue weighted by molar-refractivity contribution is 7.89. The number of carbonyl (C=O) groups excluding carboxylic acids is 1. The molecule has 0 radical (unpaired) electrons. The summed E-state index contributed by atoms with van der Waals surface area (Å²) in [7, 11) is -0.0534. The van der Waals surface area contributed by atoms with Gasteiger partial charge in [0.2, 0.25) is 10.0 Å². The summed E-state index contributed by atoms with van der Waals surface area (Å²) in [6.07, 6.45) is 0.963. The standard InChI is InChI=1S/C18H22FN5O3S/c1-23(2)17-8-7-16(20-21-17)18(25)24-11-9-14(10-12-24)22-28(26,27)15-5-3-13(19)4-6-15/h3-8,14,22H,9-12H2,1-2H3. The van der Waals surface area contributed by atoms with Crippen LogP contribution in [0.25, 0.3) is 0 Å². The van der Waals surface area contributed by atoms with Gasteiger partial charge in [0, 0.05) is 33.2 Å². The summed E-state index contributed by atoms with van der Waals surface area (Å²) in [6, 6.07) is 7.74. The highest BCUT2D eigenvalue weighted by Gasteiger charge is 2.27. The lowest BCUT2D eigenvalue weighted by Crippen LogP contribution is -2.46. The second kappa shape index (κ2) is 8.19. The number of halogens is 1. The molecule has 1 aliphatic heterocycles. The first-order valence-electron chi connectivity index (χ1n) is 8.84. The van der Waals surface area contributed by atoms with Gasteiger partial charge < -0.3 is 9.80 Å². The minimum Gasteiger partial charge on any atom is -0.361 e. The van der Waals surface area contributed by atoms with Crippen LogP contribution < -0.4 is 9.62 Å². The van der Waals surface area contributed by atoms with Crippen molar-refractivity contribution in [1.82, 2.24) is 19.8 Å². The maximum atomic E-state index is 13.0. The fraction of sp³-hybridized carbons (Fsp3) is 0.389. The van der Waals surface area contributed by atoms with Crippen LogP contribution in [0, 0.1) is 5.82 Å². The number of nitrogens with zero attached hydrogens (tertiary/aromatic N) is 4. The van der Waals surface area contributed by atoms with Crippen LogP contribution in [0.5, 0.6) is 0 Å². The Morgan fingerprint density at radius 3 is 2.29 bits per heavy atom. The molecule has 1 saturated heterocycles. The molecule has 150 valence electrons. The van der Waals surface area contributed by atoms with Crippen LogP contribution in [0.4, 0.5) is 10.2 Å². The van der Waals surface area contributed by atoms with E-state index in [0.717, 1.165) is 12.1 Å². The summed E-state index contributed by atoms with van der Waals surface area (Å²) in [5.74, 6) is -0.0596. The molecule has 28 heavy (non-hydrogen) atoms. The number of anilines is 1. The van der Waals surface area contributed by atoms with E-state index in [1.807, 2.05) is 14.1 Å². The number of nitrogens with one attached hydrogen (secondary N) is 1. The van der Waals surface area contributed by atoms with Crippen molar-refractivity contribution >= 4 is 21.7 Å². The molecule has 0 spiro atoms. The Bertz CT molecular complexity index is 925. The van der Waals surface area contributed by atoms with Gasteiger partial charge >= 0.3 is 0 Å². The van der Waals surface area contributed by atoms with Crippen LogP contribution in [0.1, 0.15) is 23.3 Å². The number of hydrogen-bond acceptors (Lipinski definition) is 6. The van der Waals surface area contributed by atoms with E-state index in [2.05, 4.69) is 14.9 Å². The van der Waals surface area contributed by atoms with Crippen molar-refractivity contribution < 1.29 is 17.6 Å². The maximum absolute atomic E-state index is 13.0. The summed E-state index contributed by atoms with van der Waals surface area (Å²) >= 11 is 0. The van der Waals surface area contributed by atoms with E-state index in [1.54, 1.807) is 21.9 Å². The molecular weight excluding hydrogens is 385 g/mol. The Labute approximate surface area is 163 Å². The number of piperidine rings is 1. The third-order valence-corrected chi connectivity index (χ3v) is 6.09. The third kappa shape index (κ3) is 4.63. The monoisotopic (exact) mass is 407 g/mol. The number of hydrogen-bond donors (Lipinski definition) is 1. The predicted octanol–water partition coefficient (Wildman–Crippen LogP) is 1.26. The maximum Gasteiger partial charge on any atom is 0.274 e. The molecule has 2 aromatic rings. The first-order chi connectivity index (χ1) is 13.3. The van der Waals surface area contributed by atoms with Crippen LogP contribution in [-0.4, -0.2) is 62.6 Å². The van der Waals surface area contributed by atoms with Crippen molar-refractivity contribution in [1.29, 1.82) is 0 Å². The highest BCUT2D eigenvalue weighted by Crippen LogP contribution is 2.17. The molecule has 1 aliphatic rings. The van der Waals surface area contributed by atoms with Crippen molar-refractivity contribution in [3.05, 3.63) is 47.9 Å². The summed E-state index contributed by atoms with van der Waals surface area (Å²) in [6.45, 7) is 0.819. The lowest BCUT2D eigenvalue weighted by atomic mass is 10.1. The van der Waals surface area contributed by atoms with Gasteiger partial charge in [-0.05, 0) is 49.2 Å². The Kier molecular flexibility index (Phi) is 5.90. The van der Waals surface area contributed by atoms with E-state index in [9.17, 15) is 17.6 Å². The number of amides is 1. The van der Waals surface area contributed by atoms with Crippen molar-refractivity contribution in [3.8, 4) is 0 Å². The average molecular weight is 407 g/mol. The molecule has 8 nitrogen and oxygen atoms in total. The van der Waals surface area contributed by atoms with Crippen LogP contribution in [-0.2, 0) is 10.0 Å². The van der Waals surface area contributed by atoms with Crippen LogP contribution in [0.3, 0.4) is 0 Å². The van der Waals surface area contributed by atoms with Crippen molar-refractivity contribution in [2.24, 2.45) is 0 Å². The molecule has 0 aliphatic carbocycles. The minimum absolute atomic E-state index is 0.0173. The largest absolute Gasteiger partial charge is 0.361 e. The van der Waals surface area contributed by atoms with Crippen LogP contribution in [0.15, 0.2) is 41.3 Å². The Morgan fingerprint density at radius 1 is 1.11 bits per heavy atom. The normalized spacial score (nSPS) is 15.5. The van der Waals surface area contributed by atoms with E-state index < -0.39 is 15.8 Å². The lowest BCUT2D eigenvalue weighted by molar-refractivity contribution is 0.0704. The lowest BCUT2D eigenvalue weighted by Gasteiger charge is -2.32. The summed E-state index contributed by atoms with van der Waals surface area (Å²) in [5.41, 5.74) is 0.260. The van der Waals surface area contributed by atoms with Crippen molar-refractivity contribution in [2.75, 3.05) is 32.1 Å². The molecule has 0 bridgehead atoms. The quantitative estimate of drug-likeness (QED) is 0.802. The summed E-state index contributed by atoms with van der Waals surface area (Å²) in [4.78, 5) is 16.0. The van der Waals surface area contributed by atoms with Gasteiger partial charge in [0.1, 0.15) is 5.82 Å². The van der Waals surface area contributed by atoms with E-state index in [1.165, 1.54) is 12.1 Å². The zero-order valence-corrected chi connectivity index (χ0v) is 16.5.